The zero-order valence-electron chi connectivity index (χ0n) is 11.0. The van der Waals surface area contributed by atoms with Crippen molar-refractivity contribution in [1.82, 2.24) is 9.62 Å². The lowest BCUT2D eigenvalue weighted by Gasteiger charge is -2.19. The molecule has 0 spiro atoms. The zero-order valence-corrected chi connectivity index (χ0v) is 11.8. The maximum absolute atomic E-state index is 4.32. The molecule has 5 heteroatoms. The van der Waals surface area contributed by atoms with Gasteiger partial charge in [0.25, 0.3) is 0 Å². The number of hydrogen-bond acceptors (Lipinski definition) is 5. The minimum Gasteiger partial charge on any atom is -0.298 e. The van der Waals surface area contributed by atoms with E-state index in [1.54, 1.807) is 11.9 Å². The Kier molecular flexibility index (Phi) is 5.41. The number of likely N-dealkylation sites (N-methyl/N-ethyl adjacent to an activating group) is 1. The van der Waals surface area contributed by atoms with E-state index in [-0.39, 0.29) is 0 Å². The van der Waals surface area contributed by atoms with Gasteiger partial charge in [-0.05, 0) is 52.1 Å². The number of nitrogens with zero attached hydrogens (tertiary/aromatic N) is 3. The van der Waals surface area contributed by atoms with Gasteiger partial charge in [-0.15, -0.1) is 0 Å². The highest BCUT2D eigenvalue weighted by molar-refractivity contribution is 7.98. The lowest BCUT2D eigenvalue weighted by atomic mass is 10.1. The Morgan fingerprint density at radius 1 is 1.50 bits per heavy atom. The lowest BCUT2D eigenvalue weighted by Crippen LogP contribution is -2.26. The van der Waals surface area contributed by atoms with E-state index in [4.69, 9.17) is 0 Å². The van der Waals surface area contributed by atoms with Crippen LogP contribution < -0.4 is 4.72 Å². The van der Waals surface area contributed by atoms with Gasteiger partial charge in [-0.1, -0.05) is 11.9 Å². The van der Waals surface area contributed by atoms with Crippen molar-refractivity contribution in [2.24, 2.45) is 9.98 Å². The second-order valence-corrected chi connectivity index (χ2v) is 6.03. The van der Waals surface area contributed by atoms with Crippen LogP contribution in [0.5, 0.6) is 0 Å². The average Bonchev–Trinajstić information content (AvgIpc) is 3.11. The summed E-state index contributed by atoms with van der Waals surface area (Å²) in [6.45, 7) is 5.48. The molecule has 1 aliphatic carbocycles. The summed E-state index contributed by atoms with van der Waals surface area (Å²) in [4.78, 5) is 10.8. The van der Waals surface area contributed by atoms with E-state index >= 15 is 0 Å². The first-order valence-corrected chi connectivity index (χ1v) is 7.44. The molecule has 2 rings (SSSR count). The molecule has 1 heterocycles. The van der Waals surface area contributed by atoms with Crippen LogP contribution in [0.15, 0.2) is 21.8 Å². The third-order valence-corrected chi connectivity index (χ3v) is 4.43. The van der Waals surface area contributed by atoms with Crippen LogP contribution in [0.2, 0.25) is 0 Å². The quantitative estimate of drug-likeness (QED) is 0.436. The Morgan fingerprint density at radius 3 is 2.94 bits per heavy atom. The topological polar surface area (TPSA) is 40.0 Å². The van der Waals surface area contributed by atoms with Crippen molar-refractivity contribution in [2.45, 2.75) is 37.0 Å². The first kappa shape index (κ1) is 13.8. The molecule has 1 N–H and O–H groups in total. The largest absolute Gasteiger partial charge is 0.298 e. The number of nitrogens with one attached hydrogen (secondary N) is 1. The van der Waals surface area contributed by atoms with Crippen LogP contribution in [0.25, 0.3) is 0 Å². The molecule has 1 saturated heterocycles. The summed E-state index contributed by atoms with van der Waals surface area (Å²) >= 11 is 1.80. The van der Waals surface area contributed by atoms with E-state index in [1.165, 1.54) is 25.7 Å². The van der Waals surface area contributed by atoms with Crippen molar-refractivity contribution in [3.05, 3.63) is 11.8 Å². The minimum atomic E-state index is 0.419. The van der Waals surface area contributed by atoms with Gasteiger partial charge in [-0.2, -0.15) is 0 Å². The van der Waals surface area contributed by atoms with Crippen molar-refractivity contribution in [2.75, 3.05) is 20.3 Å². The molecule has 2 aliphatic rings. The Balaban J connectivity index is 1.73. The van der Waals surface area contributed by atoms with Crippen LogP contribution in [-0.4, -0.2) is 49.4 Å². The summed E-state index contributed by atoms with van der Waals surface area (Å²) in [6.07, 6.45) is 8.94. The number of hydrogen-bond donors (Lipinski definition) is 1. The summed E-state index contributed by atoms with van der Waals surface area (Å²) in [5.74, 6) is 0. The fraction of sp³-hybridized carbons (Fsp3) is 0.692. The number of allylic oxidation sites excluding steroid dienone is 1. The van der Waals surface area contributed by atoms with Crippen molar-refractivity contribution in [3.8, 4) is 0 Å². The highest BCUT2D eigenvalue weighted by atomic mass is 32.2. The molecule has 1 aliphatic heterocycles. The zero-order chi connectivity index (χ0) is 12.8. The Bertz CT molecular complexity index is 336. The van der Waals surface area contributed by atoms with E-state index in [0.29, 0.717) is 12.7 Å². The Hall–Kier alpha value is -0.650. The molecule has 1 saturated carbocycles. The van der Waals surface area contributed by atoms with Gasteiger partial charge in [0, 0.05) is 11.5 Å². The Morgan fingerprint density at radius 2 is 2.33 bits per heavy atom. The smallest absolute Gasteiger partial charge is 0.0973 e. The molecule has 4 nitrogen and oxygen atoms in total. The standard InChI is InChI=1S/C13H22N4S/c1-14-12(13-4-3-9-17(13)2)7-8-15-10-16-18-11-5-6-11/h7-8,11,13,16H,1,3-6,9-10H2,2H3/b12-7-,15-8-/t13-/m0/s1. The van der Waals surface area contributed by atoms with Crippen LogP contribution in [0.4, 0.5) is 0 Å². The number of rotatable bonds is 7. The van der Waals surface area contributed by atoms with Crippen molar-refractivity contribution in [1.29, 1.82) is 0 Å². The average molecular weight is 266 g/mol. The molecule has 0 radical (unpaired) electrons. The predicted molar refractivity (Wildman–Crippen MR) is 80.4 cm³/mol. The van der Waals surface area contributed by atoms with Crippen molar-refractivity contribution < 1.29 is 0 Å². The lowest BCUT2D eigenvalue weighted by molar-refractivity contribution is 0.344. The first-order chi connectivity index (χ1) is 8.81. The second-order valence-electron chi connectivity index (χ2n) is 4.84. The molecule has 1 atom stereocenters. The van der Waals surface area contributed by atoms with E-state index < -0.39 is 0 Å². The number of likely N-dealkylation sites (tertiary alicyclic amines) is 1. The number of aliphatic imine (C=N–C) groups is 2. The third-order valence-electron chi connectivity index (χ3n) is 3.33. The molecule has 0 aromatic rings. The van der Waals surface area contributed by atoms with Crippen LogP contribution in [0, 0.1) is 0 Å². The van der Waals surface area contributed by atoms with Crippen molar-refractivity contribution >= 4 is 24.9 Å². The van der Waals surface area contributed by atoms with Gasteiger partial charge in [0.15, 0.2) is 0 Å². The molecule has 0 aromatic carbocycles. The molecular formula is C13H22N4S. The monoisotopic (exact) mass is 266 g/mol. The second kappa shape index (κ2) is 7.07. The first-order valence-electron chi connectivity index (χ1n) is 6.56. The van der Waals surface area contributed by atoms with Gasteiger partial charge in [-0.25, -0.2) is 4.72 Å². The van der Waals surface area contributed by atoms with E-state index in [2.05, 4.69) is 33.4 Å². The normalized spacial score (nSPS) is 26.1. The van der Waals surface area contributed by atoms with E-state index in [9.17, 15) is 0 Å². The summed E-state index contributed by atoms with van der Waals surface area (Å²) in [6, 6.07) is 0.419. The molecule has 0 unspecified atom stereocenters. The molecule has 2 fully saturated rings. The molecule has 100 valence electrons. The SMILES string of the molecule is C=N/C(=C\C=N/CNSC1CC1)[C@@H]1CCCN1C. The van der Waals surface area contributed by atoms with Crippen molar-refractivity contribution in [3.63, 3.8) is 0 Å². The predicted octanol–water partition coefficient (Wildman–Crippen LogP) is 2.09. The third kappa shape index (κ3) is 4.23. The van der Waals surface area contributed by atoms with Crippen LogP contribution in [-0.2, 0) is 0 Å². The van der Waals surface area contributed by atoms with Gasteiger partial charge >= 0.3 is 0 Å². The van der Waals surface area contributed by atoms with E-state index in [0.717, 1.165) is 17.5 Å². The van der Waals surface area contributed by atoms with Gasteiger partial charge in [0.2, 0.25) is 0 Å². The van der Waals surface area contributed by atoms with Gasteiger partial charge in [0.05, 0.1) is 18.4 Å². The van der Waals surface area contributed by atoms with Crippen LogP contribution in [0.3, 0.4) is 0 Å². The maximum Gasteiger partial charge on any atom is 0.0973 e. The molecular weight excluding hydrogens is 244 g/mol. The fourth-order valence-electron chi connectivity index (χ4n) is 2.11. The summed E-state index contributed by atoms with van der Waals surface area (Å²) < 4.78 is 3.25. The van der Waals surface area contributed by atoms with Crippen LogP contribution >= 0.6 is 11.9 Å². The van der Waals surface area contributed by atoms with E-state index in [1.807, 2.05) is 12.3 Å². The van der Waals surface area contributed by atoms with Crippen LogP contribution in [0.1, 0.15) is 25.7 Å². The Labute approximate surface area is 114 Å². The summed E-state index contributed by atoms with van der Waals surface area (Å²) in [7, 11) is 2.14. The molecule has 18 heavy (non-hydrogen) atoms. The highest BCUT2D eigenvalue weighted by Gasteiger charge is 2.23. The van der Waals surface area contributed by atoms with Gasteiger partial charge < -0.3 is 0 Å². The molecule has 0 amide bonds. The van der Waals surface area contributed by atoms with Gasteiger partial charge in [-0.3, -0.25) is 14.9 Å². The minimum absolute atomic E-state index is 0.419. The highest BCUT2D eigenvalue weighted by Crippen LogP contribution is 2.31. The molecule has 0 bridgehead atoms. The maximum atomic E-state index is 4.32. The summed E-state index contributed by atoms with van der Waals surface area (Å²) in [5.41, 5.74) is 1.04. The summed E-state index contributed by atoms with van der Waals surface area (Å²) in [5, 5.41) is 0.827. The fourth-order valence-corrected chi connectivity index (χ4v) is 2.87. The molecule has 0 aromatic heterocycles. The van der Waals surface area contributed by atoms with Gasteiger partial charge in [0.1, 0.15) is 0 Å².